The van der Waals surface area contributed by atoms with E-state index in [1.807, 2.05) is 38.1 Å². The van der Waals surface area contributed by atoms with Crippen LogP contribution in [0.2, 0.25) is 10.0 Å². The zero-order valence-corrected chi connectivity index (χ0v) is 24.6. The lowest BCUT2D eigenvalue weighted by molar-refractivity contribution is 0.00943. The molecular formula is C34H38Cl2O2. The van der Waals surface area contributed by atoms with Crippen molar-refractivity contribution in [1.82, 2.24) is 0 Å². The minimum atomic E-state index is -0.251. The summed E-state index contributed by atoms with van der Waals surface area (Å²) < 4.78 is 12.1. The Hall–Kier alpha value is -2.36. The van der Waals surface area contributed by atoms with E-state index in [9.17, 15) is 0 Å². The largest absolute Gasteiger partial charge is 0.381 e. The second kappa shape index (κ2) is 12.2. The fourth-order valence-electron chi connectivity index (χ4n) is 5.01. The molecule has 2 nitrogen and oxygen atoms in total. The minimum Gasteiger partial charge on any atom is -0.381 e. The van der Waals surface area contributed by atoms with Crippen molar-refractivity contribution < 1.29 is 9.47 Å². The summed E-state index contributed by atoms with van der Waals surface area (Å²) in [5, 5.41) is 1.43. The summed E-state index contributed by atoms with van der Waals surface area (Å²) in [6, 6.07) is 23.0. The predicted molar refractivity (Wildman–Crippen MR) is 162 cm³/mol. The smallest absolute Gasteiger partial charge is 0.0582 e. The van der Waals surface area contributed by atoms with Crippen molar-refractivity contribution in [1.29, 1.82) is 0 Å². The fourth-order valence-corrected chi connectivity index (χ4v) is 5.26. The van der Waals surface area contributed by atoms with E-state index in [0.717, 1.165) is 23.1 Å². The number of fused-ring (bicyclic) bond motifs is 1. The summed E-state index contributed by atoms with van der Waals surface area (Å²) in [4.78, 5) is 0. The van der Waals surface area contributed by atoms with E-state index in [4.69, 9.17) is 32.7 Å². The SMILES string of the molecule is CCOCC1(COCC)C=C(C=C(c2ccc(Cl)cc2)c2ccc(Cl)cc2)c2cc(C(C)(C)C)ccc2C1. The molecule has 0 unspecified atom stereocenters. The summed E-state index contributed by atoms with van der Waals surface area (Å²) in [7, 11) is 0. The Bertz CT molecular complexity index is 1240. The van der Waals surface area contributed by atoms with Gasteiger partial charge in [-0.1, -0.05) is 92.5 Å². The van der Waals surface area contributed by atoms with E-state index in [-0.39, 0.29) is 10.8 Å². The Labute approximate surface area is 238 Å². The molecule has 3 aromatic rings. The van der Waals surface area contributed by atoms with Gasteiger partial charge in [-0.25, -0.2) is 0 Å². The Morgan fingerprint density at radius 1 is 0.816 bits per heavy atom. The predicted octanol–water partition coefficient (Wildman–Crippen LogP) is 9.42. The van der Waals surface area contributed by atoms with Gasteiger partial charge in [-0.05, 0) is 95.0 Å². The number of allylic oxidation sites excluding steroid dienone is 2. The van der Waals surface area contributed by atoms with Gasteiger partial charge >= 0.3 is 0 Å². The van der Waals surface area contributed by atoms with E-state index >= 15 is 0 Å². The van der Waals surface area contributed by atoms with Gasteiger partial charge in [0.2, 0.25) is 0 Å². The first-order valence-electron chi connectivity index (χ1n) is 13.4. The topological polar surface area (TPSA) is 18.5 Å². The van der Waals surface area contributed by atoms with Crippen LogP contribution in [0.3, 0.4) is 0 Å². The highest BCUT2D eigenvalue weighted by Crippen LogP contribution is 2.42. The summed E-state index contributed by atoms with van der Waals surface area (Å²) in [6.07, 6.45) is 5.57. The third kappa shape index (κ3) is 6.79. The molecule has 0 fully saturated rings. The van der Waals surface area contributed by atoms with Crippen LogP contribution in [0.4, 0.5) is 0 Å². The normalized spacial score (nSPS) is 14.6. The standard InChI is InChI=1S/C34H38Cl2O2/c1-6-37-22-34(23-38-7-2)20-26-8-13-28(33(3,4)5)19-32(26)27(21-34)18-31(24-9-14-29(35)15-10-24)25-11-16-30(36)17-12-25/h8-19,21H,6-7,20,22-23H2,1-5H3. The van der Waals surface area contributed by atoms with Crippen molar-refractivity contribution in [3.05, 3.63) is 117 Å². The first kappa shape index (κ1) is 28.6. The summed E-state index contributed by atoms with van der Waals surface area (Å²) in [5.41, 5.74) is 8.17. The molecular weight excluding hydrogens is 511 g/mol. The molecule has 38 heavy (non-hydrogen) atoms. The molecule has 0 spiro atoms. The molecule has 0 N–H and O–H groups in total. The second-order valence-electron chi connectivity index (χ2n) is 11.1. The van der Waals surface area contributed by atoms with E-state index < -0.39 is 0 Å². The lowest BCUT2D eigenvalue weighted by Gasteiger charge is -2.36. The van der Waals surface area contributed by atoms with Gasteiger partial charge in [0.25, 0.3) is 0 Å². The molecule has 0 saturated carbocycles. The van der Waals surface area contributed by atoms with Crippen LogP contribution >= 0.6 is 23.2 Å². The van der Waals surface area contributed by atoms with Crippen molar-refractivity contribution in [2.75, 3.05) is 26.4 Å². The Kier molecular flexibility index (Phi) is 9.21. The van der Waals surface area contributed by atoms with Gasteiger partial charge in [-0.2, -0.15) is 0 Å². The number of halogens is 2. The molecule has 1 aliphatic rings. The van der Waals surface area contributed by atoms with Crippen molar-refractivity contribution in [3.63, 3.8) is 0 Å². The quantitative estimate of drug-likeness (QED) is 0.265. The highest BCUT2D eigenvalue weighted by molar-refractivity contribution is 6.31. The molecule has 4 rings (SSSR count). The maximum absolute atomic E-state index is 6.26. The molecule has 0 atom stereocenters. The molecule has 200 valence electrons. The van der Waals surface area contributed by atoms with Gasteiger partial charge in [0.1, 0.15) is 0 Å². The van der Waals surface area contributed by atoms with E-state index in [1.165, 1.54) is 22.3 Å². The molecule has 0 bridgehead atoms. The zero-order valence-electron chi connectivity index (χ0n) is 23.1. The number of ether oxygens (including phenoxy) is 2. The van der Waals surface area contributed by atoms with E-state index in [0.29, 0.717) is 36.5 Å². The molecule has 0 aromatic heterocycles. The third-order valence-corrected chi connectivity index (χ3v) is 7.59. The Morgan fingerprint density at radius 2 is 1.34 bits per heavy atom. The monoisotopic (exact) mass is 548 g/mol. The maximum Gasteiger partial charge on any atom is 0.0582 e. The first-order chi connectivity index (χ1) is 18.1. The molecule has 4 heteroatoms. The number of hydrogen-bond donors (Lipinski definition) is 0. The average molecular weight is 550 g/mol. The summed E-state index contributed by atoms with van der Waals surface area (Å²) >= 11 is 12.5. The van der Waals surface area contributed by atoms with Gasteiger partial charge < -0.3 is 9.47 Å². The second-order valence-corrected chi connectivity index (χ2v) is 12.0. The highest BCUT2D eigenvalue weighted by atomic mass is 35.5. The zero-order chi connectivity index (χ0) is 27.3. The molecule has 1 aliphatic carbocycles. The van der Waals surface area contributed by atoms with Crippen molar-refractivity contribution in [2.45, 2.75) is 46.5 Å². The molecule has 0 amide bonds. The van der Waals surface area contributed by atoms with E-state index in [2.05, 4.69) is 75.4 Å². The molecule has 0 heterocycles. The van der Waals surface area contributed by atoms with Crippen molar-refractivity contribution in [3.8, 4) is 0 Å². The first-order valence-corrected chi connectivity index (χ1v) is 14.2. The molecule has 3 aromatic carbocycles. The van der Waals surface area contributed by atoms with Crippen LogP contribution in [0, 0.1) is 5.41 Å². The number of rotatable bonds is 9. The summed E-state index contributed by atoms with van der Waals surface area (Å²) in [5.74, 6) is 0. The number of benzene rings is 3. The van der Waals surface area contributed by atoms with Crippen LogP contribution in [-0.2, 0) is 21.3 Å². The fraction of sp³-hybridized carbons (Fsp3) is 0.353. The lowest BCUT2D eigenvalue weighted by Crippen LogP contribution is -2.35. The van der Waals surface area contributed by atoms with Crippen LogP contribution in [0.5, 0.6) is 0 Å². The van der Waals surface area contributed by atoms with Crippen LogP contribution in [0.25, 0.3) is 11.1 Å². The van der Waals surface area contributed by atoms with Crippen molar-refractivity contribution in [2.24, 2.45) is 5.41 Å². The van der Waals surface area contributed by atoms with Gasteiger partial charge in [0.05, 0.1) is 13.2 Å². The Balaban J connectivity index is 1.96. The van der Waals surface area contributed by atoms with Crippen LogP contribution < -0.4 is 0 Å². The molecule has 0 aliphatic heterocycles. The van der Waals surface area contributed by atoms with Gasteiger partial charge in [-0.3, -0.25) is 0 Å². The van der Waals surface area contributed by atoms with E-state index in [1.54, 1.807) is 0 Å². The summed E-state index contributed by atoms with van der Waals surface area (Å²) in [6.45, 7) is 13.4. The van der Waals surface area contributed by atoms with Crippen LogP contribution in [0.15, 0.2) is 78.9 Å². The minimum absolute atomic E-state index is 0.0459. The average Bonchev–Trinajstić information content (AvgIpc) is 2.90. The van der Waals surface area contributed by atoms with Gasteiger partial charge in [-0.15, -0.1) is 0 Å². The van der Waals surface area contributed by atoms with Crippen LogP contribution in [0.1, 0.15) is 62.4 Å². The van der Waals surface area contributed by atoms with Crippen molar-refractivity contribution >= 4 is 34.3 Å². The Morgan fingerprint density at radius 3 is 1.82 bits per heavy atom. The molecule has 0 saturated heterocycles. The van der Waals surface area contributed by atoms with Crippen LogP contribution in [-0.4, -0.2) is 26.4 Å². The van der Waals surface area contributed by atoms with Gasteiger partial charge in [0, 0.05) is 28.7 Å². The molecule has 0 radical (unpaired) electrons. The maximum atomic E-state index is 6.26. The lowest BCUT2D eigenvalue weighted by atomic mass is 9.72. The number of hydrogen-bond acceptors (Lipinski definition) is 2. The highest BCUT2D eigenvalue weighted by Gasteiger charge is 2.35. The third-order valence-electron chi connectivity index (χ3n) is 7.09. The van der Waals surface area contributed by atoms with Gasteiger partial charge in [0.15, 0.2) is 0 Å².